The van der Waals surface area contributed by atoms with Crippen molar-refractivity contribution in [3.8, 4) is 11.1 Å². The van der Waals surface area contributed by atoms with Crippen LogP contribution in [0.2, 0.25) is 5.02 Å². The molecular formula is C40H38ClN5O7S2. The SMILES string of the molecule is O=C(O)CCC(Nc1ccc(S(=O)(=O)NC(=O)c2ccc(N3CCNCC3Cc3cc(Cl)ccc3-c3ccccc3)cc2)cc1[N+](=O)[O-])Sc1ccccc1. The first-order valence-corrected chi connectivity index (χ1v) is 20.2. The van der Waals surface area contributed by atoms with Crippen molar-refractivity contribution in [2.45, 2.75) is 40.5 Å². The van der Waals surface area contributed by atoms with Crippen LogP contribution in [-0.4, -0.2) is 61.4 Å². The van der Waals surface area contributed by atoms with Gasteiger partial charge in [0.2, 0.25) is 0 Å². The number of carbonyl (C=O) groups excluding carboxylic acids is 1. The van der Waals surface area contributed by atoms with Gasteiger partial charge in [0.1, 0.15) is 5.69 Å². The number of benzene rings is 5. The maximum atomic E-state index is 13.4. The van der Waals surface area contributed by atoms with Crippen molar-refractivity contribution in [2.24, 2.45) is 0 Å². The summed E-state index contributed by atoms with van der Waals surface area (Å²) in [6.45, 7) is 2.19. The van der Waals surface area contributed by atoms with E-state index in [-0.39, 0.29) is 30.1 Å². The number of halogens is 1. The molecule has 6 rings (SSSR count). The molecule has 284 valence electrons. The zero-order valence-corrected chi connectivity index (χ0v) is 31.8. The van der Waals surface area contributed by atoms with Gasteiger partial charge < -0.3 is 20.6 Å². The van der Waals surface area contributed by atoms with E-state index in [2.05, 4.69) is 27.7 Å². The Morgan fingerprint density at radius 2 is 1.67 bits per heavy atom. The highest BCUT2D eigenvalue weighted by Gasteiger charge is 2.27. The number of nitrogens with zero attached hydrogens (tertiary/aromatic N) is 2. The Morgan fingerprint density at radius 1 is 0.964 bits per heavy atom. The summed E-state index contributed by atoms with van der Waals surface area (Å²) in [5.41, 5.74) is 3.70. The Bertz CT molecular complexity index is 2260. The van der Waals surface area contributed by atoms with Gasteiger partial charge in [-0.05, 0) is 90.2 Å². The molecule has 0 bridgehead atoms. The summed E-state index contributed by atoms with van der Waals surface area (Å²) in [7, 11) is -4.53. The average Bonchev–Trinajstić information content (AvgIpc) is 3.18. The molecule has 1 aliphatic rings. The normalized spacial score (nSPS) is 14.9. The van der Waals surface area contributed by atoms with E-state index in [1.165, 1.54) is 17.8 Å². The molecular weight excluding hydrogens is 762 g/mol. The van der Waals surface area contributed by atoms with Crippen LogP contribution in [-0.2, 0) is 21.2 Å². The average molecular weight is 800 g/mol. The second-order valence-corrected chi connectivity index (χ2v) is 16.2. The van der Waals surface area contributed by atoms with Crippen molar-refractivity contribution in [3.05, 3.63) is 148 Å². The standard InChI is InChI=1S/C40H38ClN5O7S2/c41-30-13-17-35(27-7-3-1-4-8-27)29(23-30)24-32-26-42-21-22-45(32)31-14-11-28(12-15-31)40(49)44-55(52,53)34-16-18-36(37(25-34)46(50)51)43-38(19-20-39(47)48)54-33-9-5-2-6-10-33/h1-18,23,25,32,38,42-43H,19-22,24,26H2,(H,44,49)(H,47,48). The van der Waals surface area contributed by atoms with Gasteiger partial charge in [0.05, 0.1) is 15.2 Å². The number of nitro benzene ring substituents is 1. The molecule has 4 N–H and O–H groups in total. The molecule has 1 saturated heterocycles. The molecule has 0 aliphatic carbocycles. The van der Waals surface area contributed by atoms with E-state index < -0.39 is 42.8 Å². The molecule has 5 aromatic rings. The minimum Gasteiger partial charge on any atom is -0.481 e. The molecule has 1 aliphatic heterocycles. The van der Waals surface area contributed by atoms with Crippen molar-refractivity contribution in [3.63, 3.8) is 0 Å². The Hall–Kier alpha value is -5.41. The van der Waals surface area contributed by atoms with Gasteiger partial charge in [0.25, 0.3) is 21.6 Å². The van der Waals surface area contributed by atoms with Crippen molar-refractivity contribution >= 4 is 62.3 Å². The quantitative estimate of drug-likeness (QED) is 0.0359. The third-order valence-electron chi connectivity index (χ3n) is 9.08. The number of nitrogens with one attached hydrogen (secondary N) is 3. The molecule has 0 radical (unpaired) electrons. The number of hydrogen-bond donors (Lipinski definition) is 4. The lowest BCUT2D eigenvalue weighted by atomic mass is 9.93. The van der Waals surface area contributed by atoms with Gasteiger partial charge in [-0.3, -0.25) is 19.7 Å². The molecule has 0 spiro atoms. The van der Waals surface area contributed by atoms with Crippen LogP contribution in [0, 0.1) is 10.1 Å². The summed E-state index contributed by atoms with van der Waals surface area (Å²) in [6, 6.07) is 35.1. The molecule has 1 amide bonds. The van der Waals surface area contributed by atoms with Gasteiger partial charge in [0.15, 0.2) is 0 Å². The number of anilines is 2. The molecule has 0 saturated carbocycles. The highest BCUT2D eigenvalue weighted by Crippen LogP contribution is 2.34. The maximum absolute atomic E-state index is 13.4. The molecule has 2 atom stereocenters. The lowest BCUT2D eigenvalue weighted by molar-refractivity contribution is -0.384. The van der Waals surface area contributed by atoms with Crippen LogP contribution in [0.25, 0.3) is 11.1 Å². The van der Waals surface area contributed by atoms with Crippen LogP contribution in [0.15, 0.2) is 131 Å². The first kappa shape index (κ1) is 39.3. The minimum absolute atomic E-state index is 0.00236. The van der Waals surface area contributed by atoms with Crippen LogP contribution >= 0.6 is 23.4 Å². The van der Waals surface area contributed by atoms with Gasteiger partial charge in [-0.25, -0.2) is 13.1 Å². The largest absolute Gasteiger partial charge is 0.481 e. The monoisotopic (exact) mass is 799 g/mol. The van der Waals surface area contributed by atoms with Crippen molar-refractivity contribution < 1.29 is 28.0 Å². The van der Waals surface area contributed by atoms with Crippen LogP contribution < -0.4 is 20.3 Å². The number of nitro groups is 1. The van der Waals surface area contributed by atoms with Gasteiger partial charge >= 0.3 is 5.97 Å². The van der Waals surface area contributed by atoms with Crippen molar-refractivity contribution in [2.75, 3.05) is 29.9 Å². The fourth-order valence-electron chi connectivity index (χ4n) is 6.42. The minimum atomic E-state index is -4.53. The highest BCUT2D eigenvalue weighted by atomic mass is 35.5. The number of carbonyl (C=O) groups is 2. The number of aliphatic carboxylic acids is 1. The third-order valence-corrected chi connectivity index (χ3v) is 11.8. The number of sulfonamides is 1. The number of amides is 1. The van der Waals surface area contributed by atoms with Gasteiger partial charge in [-0.1, -0.05) is 66.2 Å². The summed E-state index contributed by atoms with van der Waals surface area (Å²) in [5.74, 6) is -1.92. The smallest absolute Gasteiger partial charge is 0.303 e. The van der Waals surface area contributed by atoms with E-state index in [0.717, 1.165) is 52.5 Å². The predicted molar refractivity (Wildman–Crippen MR) is 215 cm³/mol. The number of hydrogen-bond acceptors (Lipinski definition) is 10. The summed E-state index contributed by atoms with van der Waals surface area (Å²) >= 11 is 7.73. The number of thioether (sulfide) groups is 1. The fourth-order valence-corrected chi connectivity index (χ4v) is 8.67. The third kappa shape index (κ3) is 10.2. The van der Waals surface area contributed by atoms with Crippen molar-refractivity contribution in [1.29, 1.82) is 0 Å². The summed E-state index contributed by atoms with van der Waals surface area (Å²) in [6.07, 6.45) is 0.639. The van der Waals surface area contributed by atoms with E-state index in [4.69, 9.17) is 11.6 Å². The molecule has 55 heavy (non-hydrogen) atoms. The van der Waals surface area contributed by atoms with E-state index in [0.29, 0.717) is 18.0 Å². The van der Waals surface area contributed by atoms with Gasteiger partial charge in [-0.2, -0.15) is 0 Å². The van der Waals surface area contributed by atoms with E-state index >= 15 is 0 Å². The Balaban J connectivity index is 1.16. The van der Waals surface area contributed by atoms with Crippen LogP contribution in [0.1, 0.15) is 28.8 Å². The molecule has 0 aromatic heterocycles. The van der Waals surface area contributed by atoms with Crippen LogP contribution in [0.3, 0.4) is 0 Å². The highest BCUT2D eigenvalue weighted by molar-refractivity contribution is 8.00. The molecule has 5 aromatic carbocycles. The second kappa shape index (κ2) is 17.8. The van der Waals surface area contributed by atoms with Crippen LogP contribution in [0.4, 0.5) is 17.1 Å². The van der Waals surface area contributed by atoms with E-state index in [9.17, 15) is 33.2 Å². The molecule has 1 fully saturated rings. The first-order chi connectivity index (χ1) is 26.5. The fraction of sp³-hybridized carbons (Fsp3) is 0.200. The molecule has 2 unspecified atom stereocenters. The summed E-state index contributed by atoms with van der Waals surface area (Å²) < 4.78 is 28.8. The lowest BCUT2D eigenvalue weighted by Gasteiger charge is -2.38. The van der Waals surface area contributed by atoms with E-state index in [1.54, 1.807) is 24.3 Å². The number of rotatable bonds is 15. The van der Waals surface area contributed by atoms with Crippen molar-refractivity contribution in [1.82, 2.24) is 10.0 Å². The van der Waals surface area contributed by atoms with Gasteiger partial charge in [-0.15, -0.1) is 11.8 Å². The van der Waals surface area contributed by atoms with Gasteiger partial charge in [0, 0.05) is 59.3 Å². The number of carboxylic acid groups (broad SMARTS) is 1. The Kier molecular flexibility index (Phi) is 12.7. The lowest BCUT2D eigenvalue weighted by Crippen LogP contribution is -2.52. The van der Waals surface area contributed by atoms with E-state index in [1.807, 2.05) is 71.5 Å². The Morgan fingerprint density at radius 3 is 2.36 bits per heavy atom. The zero-order chi connectivity index (χ0) is 39.0. The molecule has 15 heteroatoms. The number of piperazine rings is 1. The summed E-state index contributed by atoms with van der Waals surface area (Å²) in [4.78, 5) is 38.5. The predicted octanol–water partition coefficient (Wildman–Crippen LogP) is 7.45. The second-order valence-electron chi connectivity index (χ2n) is 12.8. The first-order valence-electron chi connectivity index (χ1n) is 17.4. The topological polar surface area (TPSA) is 171 Å². The molecule has 12 nitrogen and oxygen atoms in total. The maximum Gasteiger partial charge on any atom is 0.303 e. The number of carboxylic acids is 1. The summed E-state index contributed by atoms with van der Waals surface area (Å²) in [5, 5.41) is 27.9. The van der Waals surface area contributed by atoms with Crippen LogP contribution in [0.5, 0.6) is 0 Å². The molecule has 1 heterocycles. The zero-order valence-electron chi connectivity index (χ0n) is 29.4. The Labute approximate surface area is 328 Å².